The Labute approximate surface area is 98.6 Å². The van der Waals surface area contributed by atoms with E-state index >= 15 is 0 Å². The fourth-order valence-electron chi connectivity index (χ4n) is 1.04. The van der Waals surface area contributed by atoms with Crippen molar-refractivity contribution in [3.8, 4) is 0 Å². The van der Waals surface area contributed by atoms with Crippen LogP contribution in [0, 0.1) is 0 Å². The maximum Gasteiger partial charge on any atom is 0.0215 e. The monoisotopic (exact) mass is 273 g/mol. The maximum atomic E-state index is 5.91. The Bertz CT molecular complexity index is 294. The van der Waals surface area contributed by atoms with Crippen molar-refractivity contribution in [3.05, 3.63) is 34.3 Å². The molecule has 0 saturated heterocycles. The average Bonchev–Trinajstić information content (AvgIpc) is 2.06. The van der Waals surface area contributed by atoms with Crippen molar-refractivity contribution >= 4 is 27.7 Å². The molecule has 0 fully saturated rings. The topological polar surface area (TPSA) is 26.0 Å². The van der Waals surface area contributed by atoms with Gasteiger partial charge >= 0.3 is 0 Å². The van der Waals surface area contributed by atoms with Crippen LogP contribution in [0.3, 0.4) is 0 Å². The quantitative estimate of drug-likeness (QED) is 0.910. The van der Waals surface area contributed by atoms with E-state index in [0.29, 0.717) is 0 Å². The molecule has 78 valence electrons. The normalized spacial score (nSPS) is 11.7. The molecule has 2 N–H and O–H groups in total. The van der Waals surface area contributed by atoms with Gasteiger partial charge < -0.3 is 5.73 Å². The zero-order chi connectivity index (χ0) is 10.6. The largest absolute Gasteiger partial charge is 0.325 e. The summed E-state index contributed by atoms with van der Waals surface area (Å²) >= 11 is 5.40. The summed E-state index contributed by atoms with van der Waals surface area (Å²) in [5.74, 6) is 2.00. The van der Waals surface area contributed by atoms with E-state index in [4.69, 9.17) is 5.73 Å². The summed E-state index contributed by atoms with van der Waals surface area (Å²) in [6.45, 7) is 4.11. The molecule has 0 spiro atoms. The van der Waals surface area contributed by atoms with E-state index in [2.05, 4.69) is 48.0 Å². The maximum absolute atomic E-state index is 5.91. The lowest BCUT2D eigenvalue weighted by molar-refractivity contribution is 0.591. The van der Waals surface area contributed by atoms with Gasteiger partial charge in [-0.05, 0) is 25.5 Å². The van der Waals surface area contributed by atoms with Gasteiger partial charge in [-0.2, -0.15) is 11.8 Å². The molecule has 1 aromatic rings. The van der Waals surface area contributed by atoms with Gasteiger partial charge in [-0.15, -0.1) is 0 Å². The molecule has 0 amide bonds. The molecule has 0 radical (unpaired) electrons. The smallest absolute Gasteiger partial charge is 0.0215 e. The lowest BCUT2D eigenvalue weighted by atomic mass is 10.1. The van der Waals surface area contributed by atoms with E-state index in [0.717, 1.165) is 11.5 Å². The fourth-order valence-corrected chi connectivity index (χ4v) is 2.75. The molecule has 0 atom stereocenters. The van der Waals surface area contributed by atoms with Crippen LogP contribution in [0.25, 0.3) is 0 Å². The third kappa shape index (κ3) is 4.49. The fraction of sp³-hybridized carbons (Fsp3) is 0.455. The first-order valence-electron chi connectivity index (χ1n) is 4.59. The summed E-state index contributed by atoms with van der Waals surface area (Å²) in [4.78, 5) is 0. The molecule has 0 aliphatic carbocycles. The standard InChI is InChI=1S/C11H16BrNS/c1-11(2,13)8-14-7-9-5-3-4-6-10(9)12/h3-6H,7-8,13H2,1-2H3. The highest BCUT2D eigenvalue weighted by Crippen LogP contribution is 2.22. The van der Waals surface area contributed by atoms with Gasteiger partial charge in [-0.25, -0.2) is 0 Å². The Kier molecular flexibility index (Phi) is 4.48. The van der Waals surface area contributed by atoms with Crippen molar-refractivity contribution < 1.29 is 0 Å². The second-order valence-corrected chi connectivity index (χ2v) is 5.91. The molecule has 1 aromatic carbocycles. The van der Waals surface area contributed by atoms with Crippen molar-refractivity contribution in [2.45, 2.75) is 25.1 Å². The molecule has 0 aromatic heterocycles. The Hall–Kier alpha value is 0.01000. The van der Waals surface area contributed by atoms with Gasteiger partial charge in [0.2, 0.25) is 0 Å². The minimum atomic E-state index is -0.0775. The van der Waals surface area contributed by atoms with Crippen LogP contribution in [-0.4, -0.2) is 11.3 Å². The van der Waals surface area contributed by atoms with Crippen molar-refractivity contribution in [3.63, 3.8) is 0 Å². The van der Waals surface area contributed by atoms with Gasteiger partial charge in [0.25, 0.3) is 0 Å². The summed E-state index contributed by atoms with van der Waals surface area (Å²) in [5.41, 5.74) is 7.16. The molecule has 0 heterocycles. The number of rotatable bonds is 4. The first-order chi connectivity index (χ1) is 6.49. The number of halogens is 1. The number of hydrogen-bond donors (Lipinski definition) is 1. The van der Waals surface area contributed by atoms with Crippen LogP contribution in [0.5, 0.6) is 0 Å². The molecule has 0 aliphatic rings. The highest BCUT2D eigenvalue weighted by atomic mass is 79.9. The molecule has 0 saturated carbocycles. The van der Waals surface area contributed by atoms with Gasteiger partial charge in [-0.1, -0.05) is 34.1 Å². The lowest BCUT2D eigenvalue weighted by Crippen LogP contribution is -2.34. The average molecular weight is 274 g/mol. The minimum absolute atomic E-state index is 0.0775. The van der Waals surface area contributed by atoms with Crippen molar-refractivity contribution in [2.24, 2.45) is 5.73 Å². The molecule has 1 nitrogen and oxygen atoms in total. The van der Waals surface area contributed by atoms with Crippen LogP contribution in [0.15, 0.2) is 28.7 Å². The van der Waals surface area contributed by atoms with Crippen molar-refractivity contribution in [1.29, 1.82) is 0 Å². The number of thioether (sulfide) groups is 1. The lowest BCUT2D eigenvalue weighted by Gasteiger charge is -2.17. The molecule has 1 rings (SSSR count). The van der Waals surface area contributed by atoms with Gasteiger partial charge in [0.1, 0.15) is 0 Å². The Balaban J connectivity index is 2.43. The first kappa shape index (κ1) is 12.1. The summed E-state index contributed by atoms with van der Waals surface area (Å²) in [5, 5.41) is 0. The Morgan fingerprint density at radius 3 is 2.57 bits per heavy atom. The summed E-state index contributed by atoms with van der Waals surface area (Å²) in [7, 11) is 0. The predicted octanol–water partition coefficient (Wildman–Crippen LogP) is 3.42. The molecular formula is C11H16BrNS. The summed E-state index contributed by atoms with van der Waals surface area (Å²) < 4.78 is 1.18. The van der Waals surface area contributed by atoms with E-state index in [1.165, 1.54) is 10.0 Å². The van der Waals surface area contributed by atoms with Crippen molar-refractivity contribution in [1.82, 2.24) is 0 Å². The van der Waals surface area contributed by atoms with Crippen LogP contribution < -0.4 is 5.73 Å². The number of nitrogens with two attached hydrogens (primary N) is 1. The molecule has 3 heteroatoms. The molecule has 14 heavy (non-hydrogen) atoms. The van der Waals surface area contributed by atoms with Gasteiger partial charge in [-0.3, -0.25) is 0 Å². The van der Waals surface area contributed by atoms with Gasteiger partial charge in [0.05, 0.1) is 0 Å². The van der Waals surface area contributed by atoms with Crippen LogP contribution in [0.1, 0.15) is 19.4 Å². The number of benzene rings is 1. The first-order valence-corrected chi connectivity index (χ1v) is 6.54. The third-order valence-electron chi connectivity index (χ3n) is 1.69. The van der Waals surface area contributed by atoms with E-state index in [1.807, 2.05) is 17.8 Å². The van der Waals surface area contributed by atoms with Crippen LogP contribution >= 0.6 is 27.7 Å². The van der Waals surface area contributed by atoms with E-state index in [9.17, 15) is 0 Å². The Morgan fingerprint density at radius 1 is 1.36 bits per heavy atom. The zero-order valence-corrected chi connectivity index (χ0v) is 11.0. The van der Waals surface area contributed by atoms with E-state index in [-0.39, 0.29) is 5.54 Å². The van der Waals surface area contributed by atoms with Crippen molar-refractivity contribution in [2.75, 3.05) is 5.75 Å². The zero-order valence-electron chi connectivity index (χ0n) is 8.59. The Morgan fingerprint density at radius 2 is 2.00 bits per heavy atom. The SMILES string of the molecule is CC(C)(N)CSCc1ccccc1Br. The minimum Gasteiger partial charge on any atom is -0.325 e. The molecule has 0 bridgehead atoms. The van der Waals surface area contributed by atoms with E-state index < -0.39 is 0 Å². The second kappa shape index (κ2) is 5.19. The number of hydrogen-bond acceptors (Lipinski definition) is 2. The van der Waals surface area contributed by atoms with E-state index in [1.54, 1.807) is 0 Å². The van der Waals surface area contributed by atoms with Crippen LogP contribution in [0.4, 0.5) is 0 Å². The third-order valence-corrected chi connectivity index (χ3v) is 3.93. The van der Waals surface area contributed by atoms with Crippen LogP contribution in [0.2, 0.25) is 0 Å². The molecule has 0 unspecified atom stereocenters. The predicted molar refractivity (Wildman–Crippen MR) is 68.6 cm³/mol. The summed E-state index contributed by atoms with van der Waals surface area (Å²) in [6, 6.07) is 8.31. The van der Waals surface area contributed by atoms with Gasteiger partial charge in [0, 0.05) is 21.5 Å². The highest BCUT2D eigenvalue weighted by Gasteiger charge is 2.10. The second-order valence-electron chi connectivity index (χ2n) is 4.07. The summed E-state index contributed by atoms with van der Waals surface area (Å²) in [6.07, 6.45) is 0. The molecular weight excluding hydrogens is 258 g/mol. The highest BCUT2D eigenvalue weighted by molar-refractivity contribution is 9.10. The molecule has 0 aliphatic heterocycles. The van der Waals surface area contributed by atoms with Gasteiger partial charge in [0.15, 0.2) is 0 Å². The van der Waals surface area contributed by atoms with Crippen LogP contribution in [-0.2, 0) is 5.75 Å².